The number of hydrogen-bond acceptors (Lipinski definition) is 1. The highest BCUT2D eigenvalue weighted by atomic mass is 19.1. The molecule has 2 aromatic rings. The van der Waals surface area contributed by atoms with E-state index in [0.717, 1.165) is 18.2 Å². The molecule has 0 bridgehead atoms. The largest absolute Gasteiger partial charge is 0.207 e. The predicted molar refractivity (Wildman–Crippen MR) is 56.5 cm³/mol. The van der Waals surface area contributed by atoms with Gasteiger partial charge in [0.1, 0.15) is 17.5 Å². The zero-order chi connectivity index (χ0) is 12.4. The summed E-state index contributed by atoms with van der Waals surface area (Å²) in [6, 6.07) is 8.20. The molecule has 2 aromatic carbocycles. The van der Waals surface area contributed by atoms with Crippen LogP contribution in [0.4, 0.5) is 13.2 Å². The lowest BCUT2D eigenvalue weighted by Crippen LogP contribution is -1.91. The first kappa shape index (κ1) is 11.2. The zero-order valence-corrected chi connectivity index (χ0v) is 8.55. The molecule has 0 saturated heterocycles. The summed E-state index contributed by atoms with van der Waals surface area (Å²) < 4.78 is 39.3. The molecule has 0 heterocycles. The van der Waals surface area contributed by atoms with Gasteiger partial charge in [-0.05, 0) is 30.3 Å². The van der Waals surface area contributed by atoms with Crippen LogP contribution in [-0.2, 0) is 0 Å². The lowest BCUT2D eigenvalue weighted by atomic mass is 10.00. The van der Waals surface area contributed by atoms with Gasteiger partial charge in [0.2, 0.25) is 0 Å². The number of benzene rings is 2. The Labute approximate surface area is 95.7 Å². The first-order valence-electron chi connectivity index (χ1n) is 4.77. The molecule has 0 aliphatic rings. The first-order valence-corrected chi connectivity index (χ1v) is 4.77. The molecule has 0 atom stereocenters. The summed E-state index contributed by atoms with van der Waals surface area (Å²) in [5.74, 6) is -2.13. The molecule has 0 spiro atoms. The molecular formula is C13H6F3N. The van der Waals surface area contributed by atoms with Crippen LogP contribution in [0.15, 0.2) is 36.4 Å². The van der Waals surface area contributed by atoms with Crippen LogP contribution in [0.2, 0.25) is 0 Å². The van der Waals surface area contributed by atoms with Crippen molar-refractivity contribution >= 4 is 0 Å². The van der Waals surface area contributed by atoms with E-state index in [-0.39, 0.29) is 16.7 Å². The van der Waals surface area contributed by atoms with Gasteiger partial charge < -0.3 is 0 Å². The Morgan fingerprint density at radius 3 is 2.12 bits per heavy atom. The molecule has 0 fully saturated rings. The van der Waals surface area contributed by atoms with Gasteiger partial charge in [-0.1, -0.05) is 0 Å². The van der Waals surface area contributed by atoms with Crippen molar-refractivity contribution in [3.05, 3.63) is 59.4 Å². The standard InChI is InChI=1S/C13H6F3N/c14-9-2-1-8(7-17)12(5-9)11-4-3-10(15)6-13(11)16/h1-6H. The van der Waals surface area contributed by atoms with Gasteiger partial charge in [-0.2, -0.15) is 5.26 Å². The van der Waals surface area contributed by atoms with Gasteiger partial charge in [0.25, 0.3) is 0 Å². The summed E-state index contributed by atoms with van der Waals surface area (Å²) in [7, 11) is 0. The van der Waals surface area contributed by atoms with Gasteiger partial charge in [-0.15, -0.1) is 0 Å². The molecule has 0 radical (unpaired) electrons. The second-order valence-corrected chi connectivity index (χ2v) is 3.43. The summed E-state index contributed by atoms with van der Waals surface area (Å²) in [5, 5.41) is 8.85. The Bertz CT molecular complexity index is 615. The fourth-order valence-corrected chi connectivity index (χ4v) is 1.54. The van der Waals surface area contributed by atoms with E-state index in [9.17, 15) is 13.2 Å². The monoisotopic (exact) mass is 233 g/mol. The molecule has 2 rings (SSSR count). The molecule has 84 valence electrons. The van der Waals surface area contributed by atoms with Crippen LogP contribution in [-0.4, -0.2) is 0 Å². The number of rotatable bonds is 1. The van der Waals surface area contributed by atoms with Gasteiger partial charge >= 0.3 is 0 Å². The summed E-state index contributed by atoms with van der Waals surface area (Å²) in [6.07, 6.45) is 0. The van der Waals surface area contributed by atoms with Gasteiger partial charge in [0.15, 0.2) is 0 Å². The van der Waals surface area contributed by atoms with Crippen LogP contribution in [0.25, 0.3) is 11.1 Å². The van der Waals surface area contributed by atoms with E-state index in [4.69, 9.17) is 5.26 Å². The second kappa shape index (κ2) is 4.30. The Morgan fingerprint density at radius 2 is 1.47 bits per heavy atom. The molecule has 0 aliphatic heterocycles. The maximum atomic E-state index is 13.5. The summed E-state index contributed by atoms with van der Waals surface area (Å²) in [5.41, 5.74) is 0.254. The van der Waals surface area contributed by atoms with Crippen molar-refractivity contribution in [2.24, 2.45) is 0 Å². The van der Waals surface area contributed by atoms with E-state index >= 15 is 0 Å². The minimum absolute atomic E-state index is 0.00227. The van der Waals surface area contributed by atoms with E-state index in [1.165, 1.54) is 12.1 Å². The van der Waals surface area contributed by atoms with Crippen molar-refractivity contribution in [3.8, 4) is 17.2 Å². The molecule has 17 heavy (non-hydrogen) atoms. The first-order chi connectivity index (χ1) is 8.11. The molecular weight excluding hydrogens is 227 g/mol. The number of hydrogen-bond donors (Lipinski definition) is 0. The molecule has 0 aromatic heterocycles. The van der Waals surface area contributed by atoms with Crippen molar-refractivity contribution < 1.29 is 13.2 Å². The molecule has 1 nitrogen and oxygen atoms in total. The third kappa shape index (κ3) is 2.13. The van der Waals surface area contributed by atoms with Gasteiger partial charge in [0, 0.05) is 17.2 Å². The molecule has 0 aliphatic carbocycles. The quantitative estimate of drug-likeness (QED) is 0.737. The molecule has 0 amide bonds. The van der Waals surface area contributed by atoms with Gasteiger partial charge in [-0.25, -0.2) is 13.2 Å². The molecule has 0 unspecified atom stereocenters. The smallest absolute Gasteiger partial charge is 0.133 e. The Hall–Kier alpha value is -2.28. The Morgan fingerprint density at radius 1 is 0.824 bits per heavy atom. The summed E-state index contributed by atoms with van der Waals surface area (Å²) >= 11 is 0. The van der Waals surface area contributed by atoms with Crippen molar-refractivity contribution in [1.82, 2.24) is 0 Å². The minimum atomic E-state index is -0.827. The van der Waals surface area contributed by atoms with Crippen LogP contribution >= 0.6 is 0 Å². The fourth-order valence-electron chi connectivity index (χ4n) is 1.54. The lowest BCUT2D eigenvalue weighted by molar-refractivity contribution is 0.585. The van der Waals surface area contributed by atoms with Crippen LogP contribution in [0.5, 0.6) is 0 Å². The Kier molecular flexibility index (Phi) is 2.84. The third-order valence-corrected chi connectivity index (χ3v) is 2.32. The average molecular weight is 233 g/mol. The van der Waals surface area contributed by atoms with E-state index < -0.39 is 17.5 Å². The predicted octanol–water partition coefficient (Wildman–Crippen LogP) is 3.64. The summed E-state index contributed by atoms with van der Waals surface area (Å²) in [6.45, 7) is 0. The lowest BCUT2D eigenvalue weighted by Gasteiger charge is -2.05. The fraction of sp³-hybridized carbons (Fsp3) is 0. The maximum Gasteiger partial charge on any atom is 0.133 e. The van der Waals surface area contributed by atoms with Crippen molar-refractivity contribution in [1.29, 1.82) is 5.26 Å². The van der Waals surface area contributed by atoms with Crippen molar-refractivity contribution in [2.75, 3.05) is 0 Å². The average Bonchev–Trinajstić information content (AvgIpc) is 2.29. The second-order valence-electron chi connectivity index (χ2n) is 3.43. The van der Waals surface area contributed by atoms with Crippen LogP contribution in [0, 0.1) is 28.8 Å². The van der Waals surface area contributed by atoms with Crippen molar-refractivity contribution in [3.63, 3.8) is 0 Å². The SMILES string of the molecule is N#Cc1ccc(F)cc1-c1ccc(F)cc1F. The molecule has 0 saturated carbocycles. The van der Waals surface area contributed by atoms with E-state index in [1.54, 1.807) is 0 Å². The number of nitrogens with zero attached hydrogens (tertiary/aromatic N) is 1. The highest BCUT2D eigenvalue weighted by molar-refractivity contribution is 5.71. The van der Waals surface area contributed by atoms with Crippen LogP contribution < -0.4 is 0 Å². The Balaban J connectivity index is 2.68. The highest BCUT2D eigenvalue weighted by Gasteiger charge is 2.11. The molecule has 0 N–H and O–H groups in total. The minimum Gasteiger partial charge on any atom is -0.207 e. The van der Waals surface area contributed by atoms with E-state index in [0.29, 0.717) is 6.07 Å². The summed E-state index contributed by atoms with van der Waals surface area (Å²) in [4.78, 5) is 0. The normalized spacial score (nSPS) is 10.0. The van der Waals surface area contributed by atoms with E-state index in [2.05, 4.69) is 0 Å². The third-order valence-electron chi connectivity index (χ3n) is 2.32. The topological polar surface area (TPSA) is 23.8 Å². The van der Waals surface area contributed by atoms with E-state index in [1.807, 2.05) is 6.07 Å². The van der Waals surface area contributed by atoms with Gasteiger partial charge in [0.05, 0.1) is 11.6 Å². The number of halogens is 3. The van der Waals surface area contributed by atoms with Crippen molar-refractivity contribution in [2.45, 2.75) is 0 Å². The highest BCUT2D eigenvalue weighted by Crippen LogP contribution is 2.27. The zero-order valence-electron chi connectivity index (χ0n) is 8.55. The maximum absolute atomic E-state index is 13.5. The number of nitriles is 1. The van der Waals surface area contributed by atoms with Crippen LogP contribution in [0.1, 0.15) is 5.56 Å². The molecule has 4 heteroatoms. The van der Waals surface area contributed by atoms with Gasteiger partial charge in [-0.3, -0.25) is 0 Å². The van der Waals surface area contributed by atoms with Crippen LogP contribution in [0.3, 0.4) is 0 Å².